The number of halogens is 3. The van der Waals surface area contributed by atoms with Crippen molar-refractivity contribution in [2.75, 3.05) is 11.4 Å². The number of rotatable bonds is 4. The van der Waals surface area contributed by atoms with Gasteiger partial charge in [0.25, 0.3) is 0 Å². The number of benzene rings is 2. The molecule has 4 rings (SSSR count). The van der Waals surface area contributed by atoms with Crippen LogP contribution in [0.25, 0.3) is 11.0 Å². The fourth-order valence-electron chi connectivity index (χ4n) is 4.17. The molecule has 0 aliphatic carbocycles. The average Bonchev–Trinajstić information content (AvgIpc) is 3.05. The van der Waals surface area contributed by atoms with Crippen molar-refractivity contribution in [3.05, 3.63) is 51.0 Å². The standard InChI is InChI=1S/C21H22Cl3N3O/c1-3-14(12(2)28)15-6-7-16(23)19-20(15)27-10-4-9-26(21(27)25-19)18-8-5-13(22)11-17(18)24/h5-8,11-12,14,28H,3-4,9-10H2,1-2H3. The van der Waals surface area contributed by atoms with Crippen molar-refractivity contribution in [1.82, 2.24) is 9.55 Å². The number of hydrogen-bond donors (Lipinski definition) is 1. The molecule has 1 aliphatic rings. The van der Waals surface area contributed by atoms with Crippen molar-refractivity contribution < 1.29 is 5.11 Å². The highest BCUT2D eigenvalue weighted by Gasteiger charge is 2.28. The molecule has 1 N–H and O–H groups in total. The van der Waals surface area contributed by atoms with Gasteiger partial charge in [0.05, 0.1) is 27.4 Å². The highest BCUT2D eigenvalue weighted by molar-refractivity contribution is 6.36. The lowest BCUT2D eigenvalue weighted by atomic mass is 9.90. The first kappa shape index (κ1) is 19.8. The molecule has 0 saturated carbocycles. The van der Waals surface area contributed by atoms with Crippen LogP contribution in [0.4, 0.5) is 11.6 Å². The van der Waals surface area contributed by atoms with Crippen LogP contribution in [-0.2, 0) is 6.54 Å². The number of fused-ring (bicyclic) bond motifs is 3. The van der Waals surface area contributed by atoms with E-state index in [1.807, 2.05) is 31.2 Å². The Morgan fingerprint density at radius 2 is 1.89 bits per heavy atom. The van der Waals surface area contributed by atoms with Crippen molar-refractivity contribution in [3.8, 4) is 0 Å². The number of aliphatic hydroxyl groups excluding tert-OH is 1. The van der Waals surface area contributed by atoms with Crippen LogP contribution in [0.15, 0.2) is 30.3 Å². The zero-order chi connectivity index (χ0) is 20.0. The molecule has 2 atom stereocenters. The molecular formula is C21H22Cl3N3O. The minimum atomic E-state index is -0.453. The highest BCUT2D eigenvalue weighted by atomic mass is 35.5. The minimum absolute atomic E-state index is 0.0232. The molecule has 2 unspecified atom stereocenters. The molecule has 2 aromatic carbocycles. The van der Waals surface area contributed by atoms with Gasteiger partial charge in [-0.2, -0.15) is 0 Å². The van der Waals surface area contributed by atoms with Crippen LogP contribution in [0.2, 0.25) is 15.1 Å². The highest BCUT2D eigenvalue weighted by Crippen LogP contribution is 2.41. The van der Waals surface area contributed by atoms with Gasteiger partial charge in [-0.05, 0) is 49.6 Å². The van der Waals surface area contributed by atoms with Crippen molar-refractivity contribution in [3.63, 3.8) is 0 Å². The van der Waals surface area contributed by atoms with Crippen LogP contribution in [0.5, 0.6) is 0 Å². The van der Waals surface area contributed by atoms with Gasteiger partial charge in [0, 0.05) is 24.0 Å². The Bertz CT molecular complexity index is 1030. The van der Waals surface area contributed by atoms with Gasteiger partial charge in [0.1, 0.15) is 5.52 Å². The van der Waals surface area contributed by atoms with Gasteiger partial charge in [-0.3, -0.25) is 0 Å². The van der Waals surface area contributed by atoms with Gasteiger partial charge in [-0.1, -0.05) is 47.8 Å². The zero-order valence-electron chi connectivity index (χ0n) is 15.8. The van der Waals surface area contributed by atoms with E-state index in [9.17, 15) is 5.11 Å². The second-order valence-corrected chi connectivity index (χ2v) is 8.50. The van der Waals surface area contributed by atoms with Gasteiger partial charge in [0.2, 0.25) is 5.95 Å². The van der Waals surface area contributed by atoms with E-state index in [0.29, 0.717) is 15.1 Å². The Kier molecular flexibility index (Phi) is 5.49. The number of hydrogen-bond acceptors (Lipinski definition) is 3. The summed E-state index contributed by atoms with van der Waals surface area (Å²) in [5.74, 6) is 0.843. The van der Waals surface area contributed by atoms with Crippen molar-refractivity contribution in [2.45, 2.75) is 45.3 Å². The summed E-state index contributed by atoms with van der Waals surface area (Å²) in [6, 6.07) is 9.41. The number of aromatic nitrogens is 2. The smallest absolute Gasteiger partial charge is 0.211 e. The predicted octanol–water partition coefficient (Wildman–Crippen LogP) is 6.41. The Hall–Kier alpha value is -1.46. The fraction of sp³-hybridized carbons (Fsp3) is 0.381. The van der Waals surface area contributed by atoms with Crippen LogP contribution in [0, 0.1) is 0 Å². The first-order valence-corrected chi connectivity index (χ1v) is 10.6. The lowest BCUT2D eigenvalue weighted by molar-refractivity contribution is 0.160. The topological polar surface area (TPSA) is 41.3 Å². The SMILES string of the molecule is CCC(c1ccc(Cl)c2nc3n(c12)CCCN3c1ccc(Cl)cc1Cl)C(C)O. The fourth-order valence-corrected chi connectivity index (χ4v) is 4.88. The third-order valence-corrected chi connectivity index (χ3v) is 6.33. The van der Waals surface area contributed by atoms with Gasteiger partial charge in [-0.15, -0.1) is 0 Å². The molecule has 7 heteroatoms. The molecule has 0 fully saturated rings. The number of imidazole rings is 1. The van der Waals surface area contributed by atoms with Crippen LogP contribution in [-0.4, -0.2) is 27.3 Å². The quantitative estimate of drug-likeness (QED) is 0.511. The molecule has 28 heavy (non-hydrogen) atoms. The summed E-state index contributed by atoms with van der Waals surface area (Å²) in [4.78, 5) is 7.01. The molecule has 2 heterocycles. The molecule has 0 saturated heterocycles. The summed E-state index contributed by atoms with van der Waals surface area (Å²) in [5.41, 5.74) is 3.73. The molecule has 0 radical (unpaired) electrons. The predicted molar refractivity (Wildman–Crippen MR) is 118 cm³/mol. The molecule has 3 aromatic rings. The number of aryl methyl sites for hydroxylation is 1. The van der Waals surface area contributed by atoms with E-state index >= 15 is 0 Å². The second kappa shape index (κ2) is 7.75. The number of anilines is 2. The largest absolute Gasteiger partial charge is 0.393 e. The number of nitrogens with zero attached hydrogens (tertiary/aromatic N) is 3. The Morgan fingerprint density at radius 1 is 1.11 bits per heavy atom. The second-order valence-electron chi connectivity index (χ2n) is 7.25. The van der Waals surface area contributed by atoms with E-state index in [1.165, 1.54) is 0 Å². The van der Waals surface area contributed by atoms with Crippen LogP contribution in [0.3, 0.4) is 0 Å². The first-order chi connectivity index (χ1) is 13.4. The lowest BCUT2D eigenvalue weighted by Crippen LogP contribution is -2.28. The van der Waals surface area contributed by atoms with Crippen LogP contribution in [0.1, 0.15) is 38.2 Å². The Labute approximate surface area is 179 Å². The van der Waals surface area contributed by atoms with Crippen molar-refractivity contribution in [1.29, 1.82) is 0 Å². The summed E-state index contributed by atoms with van der Waals surface area (Å²) in [7, 11) is 0. The summed E-state index contributed by atoms with van der Waals surface area (Å²) in [6.07, 6.45) is 1.34. The summed E-state index contributed by atoms with van der Waals surface area (Å²) in [5, 5.41) is 12.1. The van der Waals surface area contributed by atoms with E-state index in [1.54, 1.807) is 6.07 Å². The van der Waals surface area contributed by atoms with Gasteiger partial charge < -0.3 is 14.6 Å². The zero-order valence-corrected chi connectivity index (χ0v) is 18.1. The van der Waals surface area contributed by atoms with Crippen LogP contribution < -0.4 is 4.90 Å². The van der Waals surface area contributed by atoms with Crippen molar-refractivity contribution in [2.24, 2.45) is 0 Å². The number of aliphatic hydroxyl groups is 1. The molecule has 1 aliphatic heterocycles. The van der Waals surface area contributed by atoms with E-state index in [2.05, 4.69) is 16.4 Å². The van der Waals surface area contributed by atoms with E-state index in [0.717, 1.165) is 54.2 Å². The summed E-state index contributed by atoms with van der Waals surface area (Å²) < 4.78 is 2.20. The third kappa shape index (κ3) is 3.26. The third-order valence-electron chi connectivity index (χ3n) is 5.48. The maximum Gasteiger partial charge on any atom is 0.211 e. The van der Waals surface area contributed by atoms with Crippen molar-refractivity contribution >= 4 is 57.5 Å². The first-order valence-electron chi connectivity index (χ1n) is 9.51. The van der Waals surface area contributed by atoms with Crippen LogP contribution >= 0.6 is 34.8 Å². The van der Waals surface area contributed by atoms with E-state index < -0.39 is 6.10 Å². The molecule has 0 bridgehead atoms. The maximum absolute atomic E-state index is 10.3. The maximum atomic E-state index is 10.3. The summed E-state index contributed by atoms with van der Waals surface area (Å²) >= 11 is 19.1. The molecular weight excluding hydrogens is 417 g/mol. The van der Waals surface area contributed by atoms with E-state index in [-0.39, 0.29) is 5.92 Å². The molecule has 0 amide bonds. The van der Waals surface area contributed by atoms with E-state index in [4.69, 9.17) is 39.8 Å². The molecule has 1 aromatic heterocycles. The Morgan fingerprint density at radius 3 is 2.57 bits per heavy atom. The lowest BCUT2D eigenvalue weighted by Gasteiger charge is -2.30. The monoisotopic (exact) mass is 437 g/mol. The molecule has 148 valence electrons. The van der Waals surface area contributed by atoms with Gasteiger partial charge in [0.15, 0.2) is 0 Å². The Balaban J connectivity index is 1.94. The normalized spacial score (nSPS) is 16.3. The van der Waals surface area contributed by atoms with Gasteiger partial charge >= 0.3 is 0 Å². The summed E-state index contributed by atoms with van der Waals surface area (Å²) in [6.45, 7) is 5.58. The molecule has 4 nitrogen and oxygen atoms in total. The van der Waals surface area contributed by atoms with Gasteiger partial charge in [-0.25, -0.2) is 4.98 Å². The average molecular weight is 439 g/mol. The minimum Gasteiger partial charge on any atom is -0.393 e. The molecule has 0 spiro atoms.